The zero-order chi connectivity index (χ0) is 26.5. The Labute approximate surface area is 212 Å². The fraction of sp³-hybridized carbons (Fsp3) is 0.308. The number of aromatic nitrogens is 1. The van der Waals surface area contributed by atoms with Crippen molar-refractivity contribution in [1.82, 2.24) is 14.4 Å². The van der Waals surface area contributed by atoms with Crippen molar-refractivity contribution in [2.24, 2.45) is 7.05 Å². The number of aromatic hydroxyl groups is 1. The fourth-order valence-electron chi connectivity index (χ4n) is 4.85. The highest BCUT2D eigenvalue weighted by atomic mass is 32.2. The largest absolute Gasteiger partial charge is 0.508 e. The fourth-order valence-corrected chi connectivity index (χ4v) is 5.92. The van der Waals surface area contributed by atoms with Gasteiger partial charge in [0, 0.05) is 67.8 Å². The number of aryl methyl sites for hydroxylation is 1. The molecule has 0 saturated carbocycles. The third-order valence-corrected chi connectivity index (χ3v) is 8.31. The number of phenols is 1. The van der Waals surface area contributed by atoms with Gasteiger partial charge in [-0.05, 0) is 55.1 Å². The maximum atomic E-state index is 13.9. The number of benzene rings is 3. The number of alkyl halides is 3. The van der Waals surface area contributed by atoms with Gasteiger partial charge in [-0.15, -0.1) is 0 Å². The van der Waals surface area contributed by atoms with Crippen molar-refractivity contribution in [1.29, 1.82) is 0 Å². The second kappa shape index (κ2) is 9.23. The number of sulfonamides is 1. The van der Waals surface area contributed by atoms with E-state index in [4.69, 9.17) is 0 Å². The lowest BCUT2D eigenvalue weighted by molar-refractivity contribution is -0.138. The molecule has 2 heterocycles. The summed E-state index contributed by atoms with van der Waals surface area (Å²) in [5.74, 6) is 0.0875. The number of likely N-dealkylation sites (N-methyl/N-ethyl adjacent to an activating group) is 1. The summed E-state index contributed by atoms with van der Waals surface area (Å²) in [5, 5.41) is 11.2. The number of halogens is 3. The molecule has 0 atom stereocenters. The summed E-state index contributed by atoms with van der Waals surface area (Å²) in [4.78, 5) is 4.02. The van der Waals surface area contributed by atoms with Gasteiger partial charge in [0.15, 0.2) is 0 Å². The van der Waals surface area contributed by atoms with E-state index in [2.05, 4.69) is 9.62 Å². The van der Waals surface area contributed by atoms with Crippen LogP contribution in [0.1, 0.15) is 11.1 Å². The molecule has 0 aliphatic carbocycles. The second-order valence-electron chi connectivity index (χ2n) is 9.49. The van der Waals surface area contributed by atoms with Crippen LogP contribution in [0.4, 0.5) is 18.9 Å². The maximum absolute atomic E-state index is 13.9. The molecule has 2 N–H and O–H groups in total. The number of rotatable bonds is 5. The van der Waals surface area contributed by atoms with Crippen LogP contribution in [0.3, 0.4) is 0 Å². The van der Waals surface area contributed by atoms with Crippen molar-refractivity contribution in [2.75, 3.05) is 37.9 Å². The average molecular weight is 533 g/mol. The normalized spacial score (nSPS) is 16.0. The molecule has 196 valence electrons. The molecule has 0 spiro atoms. The first kappa shape index (κ1) is 25.4. The van der Waals surface area contributed by atoms with Gasteiger partial charge in [-0.25, -0.2) is 8.42 Å². The van der Waals surface area contributed by atoms with Crippen LogP contribution in [0.5, 0.6) is 5.75 Å². The molecule has 0 unspecified atom stereocenters. The highest BCUT2D eigenvalue weighted by molar-refractivity contribution is 7.92. The Morgan fingerprint density at radius 2 is 1.62 bits per heavy atom. The molecular formula is C26H27F3N4O3S. The van der Waals surface area contributed by atoms with Crippen molar-refractivity contribution < 1.29 is 26.7 Å². The summed E-state index contributed by atoms with van der Waals surface area (Å²) in [6.07, 6.45) is -4.63. The van der Waals surface area contributed by atoms with Crippen LogP contribution < -0.4 is 4.72 Å². The average Bonchev–Trinajstić information content (AvgIpc) is 3.11. The van der Waals surface area contributed by atoms with Crippen LogP contribution in [0.25, 0.3) is 21.8 Å². The van der Waals surface area contributed by atoms with E-state index in [1.54, 1.807) is 25.2 Å². The lowest BCUT2D eigenvalue weighted by atomic mass is 10.1. The van der Waals surface area contributed by atoms with Gasteiger partial charge in [0.2, 0.25) is 0 Å². The number of nitrogens with zero attached hydrogens (tertiary/aromatic N) is 3. The zero-order valence-electron chi connectivity index (χ0n) is 20.4. The number of piperazine rings is 1. The summed E-state index contributed by atoms with van der Waals surface area (Å²) in [5.41, 5.74) is 0.587. The topological polar surface area (TPSA) is 77.8 Å². The minimum Gasteiger partial charge on any atom is -0.508 e. The lowest BCUT2D eigenvalue weighted by Crippen LogP contribution is -2.44. The van der Waals surface area contributed by atoms with Gasteiger partial charge >= 0.3 is 6.18 Å². The summed E-state index contributed by atoms with van der Waals surface area (Å²) >= 11 is 0. The van der Waals surface area contributed by atoms with E-state index < -0.39 is 21.8 Å². The highest BCUT2D eigenvalue weighted by Gasteiger charge is 2.34. The van der Waals surface area contributed by atoms with Crippen LogP contribution in [-0.4, -0.2) is 61.1 Å². The molecule has 1 saturated heterocycles. The minimum atomic E-state index is -4.63. The number of phenolic OH excluding ortho intramolecular Hbond substituents is 1. The second-order valence-corrected chi connectivity index (χ2v) is 11.2. The van der Waals surface area contributed by atoms with Crippen molar-refractivity contribution in [2.45, 2.75) is 17.6 Å². The summed E-state index contributed by atoms with van der Waals surface area (Å²) < 4.78 is 72.3. The van der Waals surface area contributed by atoms with Crippen molar-refractivity contribution in [3.8, 4) is 5.75 Å². The van der Waals surface area contributed by atoms with Gasteiger partial charge in [0.05, 0.1) is 16.0 Å². The van der Waals surface area contributed by atoms with Crippen molar-refractivity contribution in [3.05, 3.63) is 65.7 Å². The molecule has 7 nitrogen and oxygen atoms in total. The summed E-state index contributed by atoms with van der Waals surface area (Å²) in [6, 6.07) is 12.9. The molecule has 1 fully saturated rings. The molecule has 1 aromatic heterocycles. The number of hydrogen-bond donors (Lipinski definition) is 2. The third-order valence-electron chi connectivity index (χ3n) is 6.93. The maximum Gasteiger partial charge on any atom is 0.416 e. The van der Waals surface area contributed by atoms with E-state index >= 15 is 0 Å². The van der Waals surface area contributed by atoms with E-state index in [0.717, 1.165) is 35.6 Å². The van der Waals surface area contributed by atoms with Crippen LogP contribution in [0, 0.1) is 0 Å². The molecule has 4 aromatic rings. The molecule has 0 amide bonds. The first-order valence-electron chi connectivity index (χ1n) is 11.8. The molecule has 0 bridgehead atoms. The quantitative estimate of drug-likeness (QED) is 0.393. The SMILES string of the molecule is CN1CCN(Cc2ccc(NS(=O)(=O)c3ccc4c(c3)c3ccc(O)cc3n4C)cc2C(F)(F)F)CC1. The van der Waals surface area contributed by atoms with E-state index in [9.17, 15) is 26.7 Å². The first-order valence-corrected chi connectivity index (χ1v) is 13.3. The highest BCUT2D eigenvalue weighted by Crippen LogP contribution is 2.36. The monoisotopic (exact) mass is 532 g/mol. The van der Waals surface area contributed by atoms with Gasteiger partial charge in [0.1, 0.15) is 5.75 Å². The Morgan fingerprint density at radius 3 is 2.32 bits per heavy atom. The Kier molecular flexibility index (Phi) is 6.33. The van der Waals surface area contributed by atoms with Crippen molar-refractivity contribution >= 4 is 37.5 Å². The number of hydrogen-bond acceptors (Lipinski definition) is 5. The van der Waals surface area contributed by atoms with Gasteiger partial charge in [-0.1, -0.05) is 6.07 Å². The van der Waals surface area contributed by atoms with Gasteiger partial charge in [-0.2, -0.15) is 13.2 Å². The van der Waals surface area contributed by atoms with Crippen LogP contribution in [0.15, 0.2) is 59.5 Å². The zero-order valence-corrected chi connectivity index (χ0v) is 21.2. The molecule has 11 heteroatoms. The lowest BCUT2D eigenvalue weighted by Gasteiger charge is -2.33. The number of nitrogens with one attached hydrogen (secondary N) is 1. The van der Waals surface area contributed by atoms with E-state index in [0.29, 0.717) is 18.5 Å². The predicted molar refractivity (Wildman–Crippen MR) is 137 cm³/mol. The standard InChI is InChI=1S/C26H27F3N4O3S/c1-31-9-11-33(12-10-31)16-17-3-4-18(13-23(17)26(27,28)29)30-37(35,36)20-6-8-24-22(15-20)21-7-5-19(34)14-25(21)32(24)2/h3-8,13-15,30,34H,9-12,16H2,1-2H3. The molecule has 5 rings (SSSR count). The third kappa shape index (κ3) is 4.98. The van der Waals surface area contributed by atoms with Crippen molar-refractivity contribution in [3.63, 3.8) is 0 Å². The van der Waals surface area contributed by atoms with Crippen LogP contribution >= 0.6 is 0 Å². The molecule has 3 aromatic carbocycles. The predicted octanol–water partition coefficient (Wildman–Crippen LogP) is 4.60. The Morgan fingerprint density at radius 1 is 0.892 bits per heavy atom. The van der Waals surface area contributed by atoms with Gasteiger partial charge < -0.3 is 14.6 Å². The molecule has 1 aliphatic heterocycles. The first-order chi connectivity index (χ1) is 17.4. The number of anilines is 1. The Bertz CT molecular complexity index is 1590. The Balaban J connectivity index is 1.46. The van der Waals surface area contributed by atoms with Gasteiger partial charge in [-0.3, -0.25) is 9.62 Å². The van der Waals surface area contributed by atoms with Gasteiger partial charge in [0.25, 0.3) is 10.0 Å². The van der Waals surface area contributed by atoms with E-state index in [1.807, 2.05) is 16.5 Å². The van der Waals surface area contributed by atoms with Crippen LogP contribution in [0.2, 0.25) is 0 Å². The van der Waals surface area contributed by atoms with Crippen LogP contribution in [-0.2, 0) is 29.8 Å². The molecule has 37 heavy (non-hydrogen) atoms. The van der Waals surface area contributed by atoms with E-state index in [-0.39, 0.29) is 28.4 Å². The summed E-state index contributed by atoms with van der Waals surface area (Å²) in [6.45, 7) is 3.03. The summed E-state index contributed by atoms with van der Waals surface area (Å²) in [7, 11) is -0.394. The Hall–Kier alpha value is -3.28. The van der Waals surface area contributed by atoms with E-state index in [1.165, 1.54) is 30.3 Å². The molecule has 0 radical (unpaired) electrons. The smallest absolute Gasteiger partial charge is 0.416 e. The molecule has 1 aliphatic rings. The minimum absolute atomic E-state index is 0.0735. The molecular weight excluding hydrogens is 505 g/mol. The number of fused-ring (bicyclic) bond motifs is 3.